The summed E-state index contributed by atoms with van der Waals surface area (Å²) in [7, 11) is 0. The van der Waals surface area contributed by atoms with E-state index in [1.807, 2.05) is 0 Å². The molecular weight excluding hydrogens is 254 g/mol. The zero-order valence-electron chi connectivity index (χ0n) is 12.8. The molecule has 21 heavy (non-hydrogen) atoms. The summed E-state index contributed by atoms with van der Waals surface area (Å²) in [6, 6.07) is 19.5. The second-order valence-electron chi connectivity index (χ2n) is 6.59. The van der Waals surface area contributed by atoms with E-state index < -0.39 is 0 Å². The molecule has 2 aliphatic heterocycles. The number of para-hydroxylation sites is 1. The second kappa shape index (κ2) is 5.22. The summed E-state index contributed by atoms with van der Waals surface area (Å²) < 4.78 is 0. The highest BCUT2D eigenvalue weighted by Crippen LogP contribution is 2.43. The molecule has 0 saturated carbocycles. The van der Waals surface area contributed by atoms with Crippen LogP contribution in [0.1, 0.15) is 48.4 Å². The maximum Gasteiger partial charge on any atom is 0.0545 e. The zero-order chi connectivity index (χ0) is 14.2. The Morgan fingerprint density at radius 1 is 0.905 bits per heavy atom. The van der Waals surface area contributed by atoms with Gasteiger partial charge in [-0.1, -0.05) is 48.0 Å². The van der Waals surface area contributed by atoms with Crippen molar-refractivity contribution in [3.8, 4) is 0 Å². The molecule has 0 spiro atoms. The Labute approximate surface area is 127 Å². The maximum atomic E-state index is 2.73. The smallest absolute Gasteiger partial charge is 0.0545 e. The lowest BCUT2D eigenvalue weighted by molar-refractivity contribution is 0.361. The minimum absolute atomic E-state index is 0.561. The summed E-state index contributed by atoms with van der Waals surface area (Å²) in [5.74, 6) is 0. The maximum absolute atomic E-state index is 2.73. The number of nitrogens with zero attached hydrogens (tertiary/aromatic N) is 1. The summed E-state index contributed by atoms with van der Waals surface area (Å²) in [5, 5.41) is 0. The van der Waals surface area contributed by atoms with Crippen molar-refractivity contribution in [2.45, 2.75) is 51.1 Å². The van der Waals surface area contributed by atoms with Gasteiger partial charge in [-0.15, -0.1) is 0 Å². The topological polar surface area (TPSA) is 3.24 Å². The summed E-state index contributed by atoms with van der Waals surface area (Å²) in [6.45, 7) is 2.17. The van der Waals surface area contributed by atoms with E-state index in [0.717, 1.165) is 6.04 Å². The highest BCUT2D eigenvalue weighted by molar-refractivity contribution is 5.58. The van der Waals surface area contributed by atoms with Crippen molar-refractivity contribution >= 4 is 5.69 Å². The Morgan fingerprint density at radius 3 is 2.57 bits per heavy atom. The molecule has 2 aliphatic rings. The van der Waals surface area contributed by atoms with Crippen LogP contribution in [0.2, 0.25) is 0 Å². The summed E-state index contributed by atoms with van der Waals surface area (Å²) in [4.78, 5) is 2.73. The second-order valence-corrected chi connectivity index (χ2v) is 6.59. The summed E-state index contributed by atoms with van der Waals surface area (Å²) in [6.07, 6.45) is 6.57. The first-order valence-corrected chi connectivity index (χ1v) is 8.26. The number of anilines is 1. The fourth-order valence-corrected chi connectivity index (χ4v) is 4.14. The molecule has 0 aromatic heterocycles. The van der Waals surface area contributed by atoms with Crippen LogP contribution in [-0.4, -0.2) is 6.04 Å². The van der Waals surface area contributed by atoms with Crippen LogP contribution in [0.25, 0.3) is 0 Å². The first-order chi connectivity index (χ1) is 10.3. The van der Waals surface area contributed by atoms with E-state index in [2.05, 4.69) is 60.4 Å². The third-order valence-corrected chi connectivity index (χ3v) is 5.22. The highest BCUT2D eigenvalue weighted by Gasteiger charge is 2.35. The molecule has 0 N–H and O–H groups in total. The number of hydrogen-bond donors (Lipinski definition) is 0. The molecule has 0 amide bonds. The fraction of sp³-hybridized carbons (Fsp3) is 0.400. The molecule has 0 radical (unpaired) electrons. The van der Waals surface area contributed by atoms with Crippen molar-refractivity contribution in [3.63, 3.8) is 0 Å². The van der Waals surface area contributed by atoms with Crippen LogP contribution in [0.15, 0.2) is 48.5 Å². The minimum Gasteiger partial charge on any atom is -0.361 e. The Morgan fingerprint density at radius 2 is 1.71 bits per heavy atom. The zero-order valence-corrected chi connectivity index (χ0v) is 12.8. The van der Waals surface area contributed by atoms with Gasteiger partial charge in [-0.25, -0.2) is 0 Å². The van der Waals surface area contributed by atoms with Gasteiger partial charge in [0.2, 0.25) is 0 Å². The van der Waals surface area contributed by atoms with Gasteiger partial charge in [0.15, 0.2) is 0 Å². The molecule has 1 heteroatoms. The average Bonchev–Trinajstić information content (AvgIpc) is 2.55. The molecule has 2 aromatic rings. The van der Waals surface area contributed by atoms with E-state index in [0.29, 0.717) is 6.04 Å². The van der Waals surface area contributed by atoms with Crippen LogP contribution < -0.4 is 4.90 Å². The monoisotopic (exact) mass is 277 g/mol. The van der Waals surface area contributed by atoms with E-state index >= 15 is 0 Å². The van der Waals surface area contributed by atoms with Crippen molar-refractivity contribution < 1.29 is 0 Å². The van der Waals surface area contributed by atoms with E-state index in [4.69, 9.17) is 0 Å². The van der Waals surface area contributed by atoms with Gasteiger partial charge in [-0.2, -0.15) is 0 Å². The molecule has 1 nitrogen and oxygen atoms in total. The SMILES string of the molecule is Cc1ccc([C@@H]2CCC[C@@H]3CCc4ccccc4N32)cc1. The Hall–Kier alpha value is -1.76. The lowest BCUT2D eigenvalue weighted by atomic mass is 9.84. The van der Waals surface area contributed by atoms with Gasteiger partial charge in [-0.3, -0.25) is 0 Å². The largest absolute Gasteiger partial charge is 0.361 e. The molecule has 4 rings (SSSR count). The number of rotatable bonds is 1. The van der Waals surface area contributed by atoms with Crippen molar-refractivity contribution in [1.29, 1.82) is 0 Å². The molecule has 0 bridgehead atoms. The number of fused-ring (bicyclic) bond motifs is 3. The Kier molecular flexibility index (Phi) is 3.21. The van der Waals surface area contributed by atoms with Crippen molar-refractivity contribution in [2.24, 2.45) is 0 Å². The van der Waals surface area contributed by atoms with E-state index in [9.17, 15) is 0 Å². The van der Waals surface area contributed by atoms with Gasteiger partial charge in [0.25, 0.3) is 0 Å². The van der Waals surface area contributed by atoms with Gasteiger partial charge in [-0.05, 0) is 56.2 Å². The van der Waals surface area contributed by atoms with Gasteiger partial charge in [0.1, 0.15) is 0 Å². The molecule has 108 valence electrons. The fourth-order valence-electron chi connectivity index (χ4n) is 4.14. The number of piperidine rings is 1. The van der Waals surface area contributed by atoms with E-state index in [1.165, 1.54) is 54.5 Å². The molecule has 1 fully saturated rings. The Bertz CT molecular complexity index is 629. The first-order valence-electron chi connectivity index (χ1n) is 8.26. The molecule has 2 atom stereocenters. The predicted octanol–water partition coefficient (Wildman–Crippen LogP) is 5.04. The van der Waals surface area contributed by atoms with Crippen LogP contribution in [0.4, 0.5) is 5.69 Å². The lowest BCUT2D eigenvalue weighted by Gasteiger charge is -2.47. The van der Waals surface area contributed by atoms with Crippen LogP contribution in [0, 0.1) is 6.92 Å². The third kappa shape index (κ3) is 2.25. The van der Waals surface area contributed by atoms with Crippen molar-refractivity contribution in [1.82, 2.24) is 0 Å². The van der Waals surface area contributed by atoms with Crippen molar-refractivity contribution in [2.75, 3.05) is 4.90 Å². The van der Waals surface area contributed by atoms with Gasteiger partial charge < -0.3 is 4.90 Å². The summed E-state index contributed by atoms with van der Waals surface area (Å²) in [5.41, 5.74) is 5.86. The molecular formula is C20H23N. The lowest BCUT2D eigenvalue weighted by Crippen LogP contribution is -2.44. The van der Waals surface area contributed by atoms with Crippen LogP contribution in [0.3, 0.4) is 0 Å². The number of benzene rings is 2. The van der Waals surface area contributed by atoms with Gasteiger partial charge in [0, 0.05) is 11.7 Å². The molecule has 2 heterocycles. The molecule has 1 saturated heterocycles. The van der Waals surface area contributed by atoms with Gasteiger partial charge in [0.05, 0.1) is 6.04 Å². The van der Waals surface area contributed by atoms with E-state index in [1.54, 1.807) is 0 Å². The normalized spacial score (nSPS) is 24.3. The summed E-state index contributed by atoms with van der Waals surface area (Å²) >= 11 is 0. The van der Waals surface area contributed by atoms with Crippen molar-refractivity contribution in [3.05, 3.63) is 65.2 Å². The van der Waals surface area contributed by atoms with Crippen LogP contribution in [0.5, 0.6) is 0 Å². The predicted molar refractivity (Wildman–Crippen MR) is 88.8 cm³/mol. The third-order valence-electron chi connectivity index (χ3n) is 5.22. The quantitative estimate of drug-likeness (QED) is 0.705. The standard InChI is InChI=1S/C20H23N/c1-15-9-11-17(12-10-15)20-8-4-6-18-14-13-16-5-2-3-7-19(16)21(18)20/h2-3,5,7,9-12,18,20H,4,6,8,13-14H2,1H3/t18-,20+/m1/s1. The average molecular weight is 277 g/mol. The highest BCUT2D eigenvalue weighted by atomic mass is 15.2. The van der Waals surface area contributed by atoms with Crippen LogP contribution in [-0.2, 0) is 6.42 Å². The van der Waals surface area contributed by atoms with Crippen LogP contribution >= 0.6 is 0 Å². The minimum atomic E-state index is 0.561. The van der Waals surface area contributed by atoms with E-state index in [-0.39, 0.29) is 0 Å². The Balaban J connectivity index is 1.76. The molecule has 0 aliphatic carbocycles. The number of hydrogen-bond acceptors (Lipinski definition) is 1. The molecule has 2 aromatic carbocycles. The first kappa shape index (κ1) is 12.9. The molecule has 0 unspecified atom stereocenters. The number of aryl methyl sites for hydroxylation is 2. The van der Waals surface area contributed by atoms with Gasteiger partial charge >= 0.3 is 0 Å².